The summed E-state index contributed by atoms with van der Waals surface area (Å²) in [6.45, 7) is 6.16. The highest BCUT2D eigenvalue weighted by Gasteiger charge is 2.11. The molecular weight excluding hydrogens is 346 g/mol. The molecule has 0 atom stereocenters. The summed E-state index contributed by atoms with van der Waals surface area (Å²) in [5.74, 6) is 2.07. The number of benzene rings is 3. The van der Waals surface area contributed by atoms with Crippen molar-refractivity contribution in [1.29, 1.82) is 0 Å². The van der Waals surface area contributed by atoms with E-state index in [1.54, 1.807) is 6.26 Å². The van der Waals surface area contributed by atoms with Crippen LogP contribution in [0, 0.1) is 13.8 Å². The Labute approximate surface area is 167 Å². The summed E-state index contributed by atoms with van der Waals surface area (Å²) in [6.07, 6.45) is 2.45. The van der Waals surface area contributed by atoms with Crippen molar-refractivity contribution in [3.8, 4) is 11.5 Å². The first-order chi connectivity index (χ1) is 13.6. The molecule has 3 heteroatoms. The third kappa shape index (κ3) is 5.58. The van der Waals surface area contributed by atoms with E-state index in [9.17, 15) is 0 Å². The monoisotopic (exact) mass is 371 g/mol. The fraction of sp³-hybridized carbons (Fsp3) is 0.160. The van der Waals surface area contributed by atoms with E-state index in [-0.39, 0.29) is 0 Å². The summed E-state index contributed by atoms with van der Waals surface area (Å²) in [5.41, 5.74) is 4.05. The molecule has 0 aliphatic heterocycles. The van der Waals surface area contributed by atoms with E-state index in [1.807, 2.05) is 85.8 Å². The van der Waals surface area contributed by atoms with Crippen LogP contribution in [-0.4, -0.2) is 5.90 Å². The fourth-order valence-corrected chi connectivity index (χ4v) is 2.61. The standard InChI is InChI=1S/C25H25NO2/c1-4-21(18-27-23-10-6-5-7-11-23)25(26-22-15-13-19(2)14-16-22)28-24-12-8-9-20(3)17-24/h5-18H,4H2,1-3H3/b21-18?,26-25-. The number of rotatable bonds is 6. The van der Waals surface area contributed by atoms with Crippen LogP contribution >= 0.6 is 0 Å². The topological polar surface area (TPSA) is 30.8 Å². The maximum Gasteiger partial charge on any atom is 0.226 e. The minimum Gasteiger partial charge on any atom is -0.465 e. The maximum absolute atomic E-state index is 6.17. The van der Waals surface area contributed by atoms with Crippen LogP contribution in [0.4, 0.5) is 5.69 Å². The predicted molar refractivity (Wildman–Crippen MR) is 116 cm³/mol. The van der Waals surface area contributed by atoms with Crippen molar-refractivity contribution in [1.82, 2.24) is 0 Å². The van der Waals surface area contributed by atoms with Gasteiger partial charge in [-0.1, -0.05) is 55.0 Å². The van der Waals surface area contributed by atoms with Gasteiger partial charge in [-0.15, -0.1) is 0 Å². The largest absolute Gasteiger partial charge is 0.465 e. The first-order valence-corrected chi connectivity index (χ1v) is 9.45. The van der Waals surface area contributed by atoms with Crippen molar-refractivity contribution in [2.24, 2.45) is 4.99 Å². The highest BCUT2D eigenvalue weighted by atomic mass is 16.5. The minimum atomic E-state index is 0.535. The van der Waals surface area contributed by atoms with Crippen LogP contribution in [0.15, 0.2) is 95.7 Å². The molecule has 0 aromatic heterocycles. The lowest BCUT2D eigenvalue weighted by Gasteiger charge is -2.12. The van der Waals surface area contributed by atoms with Gasteiger partial charge in [-0.3, -0.25) is 0 Å². The Kier molecular flexibility index (Phi) is 6.64. The molecule has 3 nitrogen and oxygen atoms in total. The molecule has 0 fully saturated rings. The van der Waals surface area contributed by atoms with Crippen LogP contribution < -0.4 is 9.47 Å². The maximum atomic E-state index is 6.17. The van der Waals surface area contributed by atoms with Gasteiger partial charge >= 0.3 is 0 Å². The molecule has 0 spiro atoms. The Morgan fingerprint density at radius 1 is 0.821 bits per heavy atom. The van der Waals surface area contributed by atoms with Crippen LogP contribution in [0.1, 0.15) is 24.5 Å². The zero-order valence-electron chi connectivity index (χ0n) is 16.6. The molecule has 142 valence electrons. The van der Waals surface area contributed by atoms with E-state index in [0.717, 1.165) is 34.7 Å². The van der Waals surface area contributed by atoms with Crippen molar-refractivity contribution in [3.05, 3.63) is 102 Å². The molecule has 0 N–H and O–H groups in total. The van der Waals surface area contributed by atoms with Crippen LogP contribution in [0.3, 0.4) is 0 Å². The van der Waals surface area contributed by atoms with E-state index < -0.39 is 0 Å². The summed E-state index contributed by atoms with van der Waals surface area (Å²) in [5, 5.41) is 0. The molecular formula is C25H25NO2. The molecule has 0 saturated heterocycles. The van der Waals surface area contributed by atoms with Gasteiger partial charge in [0.05, 0.1) is 11.9 Å². The average Bonchev–Trinajstić information content (AvgIpc) is 2.71. The van der Waals surface area contributed by atoms with E-state index in [0.29, 0.717) is 5.90 Å². The first-order valence-electron chi connectivity index (χ1n) is 9.45. The molecule has 0 amide bonds. The Balaban J connectivity index is 1.94. The molecule has 0 bridgehead atoms. The molecule has 0 saturated carbocycles. The normalized spacial score (nSPS) is 12.0. The Bertz CT molecular complexity index is 957. The van der Waals surface area contributed by atoms with Gasteiger partial charge in [0.25, 0.3) is 0 Å². The second kappa shape index (κ2) is 9.56. The van der Waals surface area contributed by atoms with Crippen molar-refractivity contribution in [2.75, 3.05) is 0 Å². The number of aryl methyl sites for hydroxylation is 2. The van der Waals surface area contributed by atoms with Crippen LogP contribution in [0.2, 0.25) is 0 Å². The third-order valence-corrected chi connectivity index (χ3v) is 4.20. The lowest BCUT2D eigenvalue weighted by molar-refractivity contribution is 0.471. The van der Waals surface area contributed by atoms with E-state index in [4.69, 9.17) is 14.5 Å². The lowest BCUT2D eigenvalue weighted by Crippen LogP contribution is -2.12. The molecule has 3 rings (SSSR count). The zero-order chi connectivity index (χ0) is 19.8. The second-order valence-electron chi connectivity index (χ2n) is 6.60. The van der Waals surface area contributed by atoms with E-state index >= 15 is 0 Å². The molecule has 3 aromatic carbocycles. The molecule has 0 unspecified atom stereocenters. The van der Waals surface area contributed by atoms with Crippen LogP contribution in [-0.2, 0) is 0 Å². The second-order valence-corrected chi connectivity index (χ2v) is 6.60. The van der Waals surface area contributed by atoms with Gasteiger partial charge in [-0.05, 0) is 62.2 Å². The zero-order valence-corrected chi connectivity index (χ0v) is 16.6. The van der Waals surface area contributed by atoms with Gasteiger partial charge in [0.15, 0.2) is 0 Å². The number of aliphatic imine (C=N–C) groups is 1. The first kappa shape index (κ1) is 19.4. The van der Waals surface area contributed by atoms with Gasteiger partial charge in [-0.25, -0.2) is 4.99 Å². The highest BCUT2D eigenvalue weighted by molar-refractivity contribution is 5.96. The predicted octanol–water partition coefficient (Wildman–Crippen LogP) is 6.79. The van der Waals surface area contributed by atoms with Gasteiger partial charge in [0, 0.05) is 5.57 Å². The SMILES string of the molecule is CCC(=COc1ccccc1)/C(=N/c1ccc(C)cc1)Oc1cccc(C)c1. The fourth-order valence-electron chi connectivity index (χ4n) is 2.61. The van der Waals surface area contributed by atoms with Crippen molar-refractivity contribution < 1.29 is 9.47 Å². The molecule has 0 aliphatic rings. The summed E-state index contributed by atoms with van der Waals surface area (Å²) >= 11 is 0. The number of hydrogen-bond donors (Lipinski definition) is 0. The summed E-state index contributed by atoms with van der Waals surface area (Å²) in [7, 11) is 0. The highest BCUT2D eigenvalue weighted by Crippen LogP contribution is 2.21. The average molecular weight is 371 g/mol. The van der Waals surface area contributed by atoms with Crippen LogP contribution in [0.25, 0.3) is 0 Å². The Morgan fingerprint density at radius 2 is 1.54 bits per heavy atom. The van der Waals surface area contributed by atoms with Crippen LogP contribution in [0.5, 0.6) is 11.5 Å². The number of nitrogens with zero attached hydrogens (tertiary/aromatic N) is 1. The quantitative estimate of drug-likeness (QED) is 0.271. The van der Waals surface area contributed by atoms with Gasteiger partial charge in [0.1, 0.15) is 11.5 Å². The molecule has 0 heterocycles. The molecule has 0 radical (unpaired) electrons. The van der Waals surface area contributed by atoms with Crippen molar-refractivity contribution >= 4 is 11.6 Å². The van der Waals surface area contributed by atoms with Gasteiger partial charge < -0.3 is 9.47 Å². The number of ether oxygens (including phenoxy) is 2. The number of para-hydroxylation sites is 1. The third-order valence-electron chi connectivity index (χ3n) is 4.20. The van der Waals surface area contributed by atoms with Gasteiger partial charge in [-0.2, -0.15) is 0 Å². The molecule has 3 aromatic rings. The van der Waals surface area contributed by atoms with E-state index in [2.05, 4.69) is 13.8 Å². The molecule has 0 aliphatic carbocycles. The minimum absolute atomic E-state index is 0.535. The summed E-state index contributed by atoms with van der Waals surface area (Å²) in [4.78, 5) is 4.75. The number of hydrogen-bond acceptors (Lipinski definition) is 3. The van der Waals surface area contributed by atoms with Crippen molar-refractivity contribution in [3.63, 3.8) is 0 Å². The Hall–Kier alpha value is -3.33. The molecule has 28 heavy (non-hydrogen) atoms. The van der Waals surface area contributed by atoms with Gasteiger partial charge in [0.2, 0.25) is 5.90 Å². The van der Waals surface area contributed by atoms with E-state index in [1.165, 1.54) is 5.56 Å². The Morgan fingerprint density at radius 3 is 2.21 bits per heavy atom. The lowest BCUT2D eigenvalue weighted by atomic mass is 10.2. The van der Waals surface area contributed by atoms with Crippen molar-refractivity contribution in [2.45, 2.75) is 27.2 Å². The smallest absolute Gasteiger partial charge is 0.226 e. The summed E-state index contributed by atoms with van der Waals surface area (Å²) < 4.78 is 12.0. The summed E-state index contributed by atoms with van der Waals surface area (Å²) in [6, 6.07) is 25.7.